The molecule has 7 heavy (non-hydrogen) atoms. The summed E-state index contributed by atoms with van der Waals surface area (Å²) in [6.07, 6.45) is 0. The minimum absolute atomic E-state index is 0.720. The molecule has 0 unspecified atom stereocenters. The smallest absolute Gasteiger partial charge is 0.0872 e. The summed E-state index contributed by atoms with van der Waals surface area (Å²) < 4.78 is 12.2. The van der Waals surface area contributed by atoms with Gasteiger partial charge in [0.15, 0.2) is 0 Å². The second-order valence-corrected chi connectivity index (χ2v) is 1.71. The minimum Gasteiger partial charge on any atom is -0.788 e. The zero-order chi connectivity index (χ0) is 5.91. The zero-order valence-electron chi connectivity index (χ0n) is 3.03. The maximum absolute atomic E-state index is 9.26. The first-order chi connectivity index (χ1) is 3.06. The van der Waals surface area contributed by atoms with Crippen molar-refractivity contribution in [3.63, 3.8) is 0 Å². The Morgan fingerprint density at radius 1 is 1.71 bits per heavy atom. The van der Waals surface area contributed by atoms with Crippen molar-refractivity contribution in [2.75, 3.05) is 0 Å². The molecule has 6 nitrogen and oxygen atoms in total. The Morgan fingerprint density at radius 2 is 2.14 bits per heavy atom. The summed E-state index contributed by atoms with van der Waals surface area (Å²) in [7, 11) is -5.03. The number of phosphoric acid groups is 1. The normalized spacial score (nSPS) is 11.9. The number of hydrogen-bond acceptors (Lipinski definition) is 6. The summed E-state index contributed by atoms with van der Waals surface area (Å²) in [5, 5.41) is 7.36. The number of hydrogen-bond donors (Lipinski definition) is 2. The van der Waals surface area contributed by atoms with Crippen LogP contribution in [-0.2, 0) is 9.19 Å². The zero-order valence-corrected chi connectivity index (χ0v) is 3.92. The molecule has 0 spiro atoms. The molecular formula is H2NO5P-2. The van der Waals surface area contributed by atoms with Crippen LogP contribution in [0.2, 0.25) is 0 Å². The lowest BCUT2D eigenvalue weighted by atomic mass is 13.3. The molecule has 0 atom stereocenters. The summed E-state index contributed by atoms with van der Waals surface area (Å²) in [5.41, 5.74) is 0.720. The van der Waals surface area contributed by atoms with Crippen LogP contribution < -0.4 is 15.4 Å². The first-order valence-electron chi connectivity index (χ1n) is 1.16. The Labute approximate surface area is 38.9 Å². The van der Waals surface area contributed by atoms with Crippen molar-refractivity contribution in [1.29, 1.82) is 0 Å². The van der Waals surface area contributed by atoms with Crippen LogP contribution in [0.25, 0.3) is 0 Å². The Morgan fingerprint density at radius 3 is 2.14 bits per heavy atom. The summed E-state index contributed by atoms with van der Waals surface area (Å²) in [5.74, 6) is 0. The molecule has 0 aromatic heterocycles. The van der Waals surface area contributed by atoms with Crippen LogP contribution in [0.3, 0.4) is 0 Å². The minimum atomic E-state index is -5.03. The maximum atomic E-state index is 9.26. The molecule has 0 aromatic rings. The molecule has 0 radical (unpaired) electrons. The third-order valence-electron chi connectivity index (χ3n) is 0.153. The molecule has 0 aliphatic heterocycles. The molecule has 7 heteroatoms. The lowest BCUT2D eigenvalue weighted by Gasteiger charge is -2.25. The third-order valence-corrected chi connectivity index (χ3v) is 0.458. The van der Waals surface area contributed by atoms with E-state index in [0.29, 0.717) is 0 Å². The van der Waals surface area contributed by atoms with Crippen molar-refractivity contribution >= 4 is 7.82 Å². The van der Waals surface area contributed by atoms with E-state index in [2.05, 4.69) is 4.62 Å². The van der Waals surface area contributed by atoms with E-state index in [1.807, 2.05) is 0 Å². The highest BCUT2D eigenvalue weighted by Crippen LogP contribution is 2.20. The fourth-order valence-corrected chi connectivity index (χ4v) is 0.150. The van der Waals surface area contributed by atoms with E-state index < -0.39 is 7.82 Å². The molecule has 0 amide bonds. The molecule has 0 aliphatic rings. The SMILES string of the molecule is O=P([O-])([O-])ONO. The second kappa shape index (κ2) is 2.37. The van der Waals surface area contributed by atoms with Crippen molar-refractivity contribution in [3.05, 3.63) is 0 Å². The van der Waals surface area contributed by atoms with Crippen LogP contribution in [-0.4, -0.2) is 5.21 Å². The van der Waals surface area contributed by atoms with Crippen LogP contribution in [0.5, 0.6) is 0 Å². The molecule has 2 N–H and O–H groups in total. The van der Waals surface area contributed by atoms with Crippen molar-refractivity contribution in [3.8, 4) is 0 Å². The monoisotopic (exact) mass is 127 g/mol. The topological polar surface area (TPSA) is 105 Å². The van der Waals surface area contributed by atoms with E-state index in [4.69, 9.17) is 5.21 Å². The largest absolute Gasteiger partial charge is 0.788 e. The fraction of sp³-hybridized carbons (Fsp3) is 0. The molecule has 0 rings (SSSR count). The second-order valence-electron chi connectivity index (χ2n) is 0.630. The van der Waals surface area contributed by atoms with E-state index >= 15 is 0 Å². The fourth-order valence-electron chi connectivity index (χ4n) is 0.0500. The van der Waals surface area contributed by atoms with E-state index in [1.165, 1.54) is 0 Å². The Hall–Kier alpha value is 0.0300. The standard InChI is InChI=1S/H4NO5P/c2-1-6-7(3,4)5/h1-2H,(H2,3,4,5)/p-2. The first kappa shape index (κ1) is 7.03. The van der Waals surface area contributed by atoms with Gasteiger partial charge in [-0.3, -0.25) is 5.21 Å². The molecule has 0 fully saturated rings. The van der Waals surface area contributed by atoms with Gasteiger partial charge in [-0.15, -0.1) is 0 Å². The van der Waals surface area contributed by atoms with E-state index in [0.717, 1.165) is 5.64 Å². The first-order valence-corrected chi connectivity index (χ1v) is 2.62. The van der Waals surface area contributed by atoms with Gasteiger partial charge in [0.1, 0.15) is 0 Å². The van der Waals surface area contributed by atoms with Crippen molar-refractivity contribution in [2.45, 2.75) is 0 Å². The van der Waals surface area contributed by atoms with Gasteiger partial charge in [0.25, 0.3) is 0 Å². The van der Waals surface area contributed by atoms with Crippen LogP contribution in [0.15, 0.2) is 0 Å². The molecule has 0 aliphatic carbocycles. The lowest BCUT2D eigenvalue weighted by molar-refractivity contribution is -0.354. The molecule has 44 valence electrons. The summed E-state index contributed by atoms with van der Waals surface area (Å²) in [6, 6.07) is 0. The molecule has 0 saturated heterocycles. The summed E-state index contributed by atoms with van der Waals surface area (Å²) in [6.45, 7) is 0. The van der Waals surface area contributed by atoms with Gasteiger partial charge in [0.2, 0.25) is 0 Å². The molecular weight excluding hydrogens is 125 g/mol. The predicted molar refractivity (Wildman–Crippen MR) is 13.6 cm³/mol. The maximum Gasteiger partial charge on any atom is 0.0872 e. The number of nitrogens with one attached hydrogen (secondary N) is 1. The highest BCUT2D eigenvalue weighted by molar-refractivity contribution is 7.43. The average Bonchev–Trinajstić information content (AvgIpc) is 1.30. The van der Waals surface area contributed by atoms with Gasteiger partial charge in [-0.25, -0.2) is 4.62 Å². The third kappa shape index (κ3) is 6.03. The highest BCUT2D eigenvalue weighted by Gasteiger charge is 1.82. The Kier molecular flexibility index (Phi) is 2.38. The van der Waals surface area contributed by atoms with E-state index in [-0.39, 0.29) is 0 Å². The van der Waals surface area contributed by atoms with Gasteiger partial charge in [0, 0.05) is 0 Å². The molecule has 0 saturated carbocycles. The van der Waals surface area contributed by atoms with Gasteiger partial charge in [-0.2, -0.15) is 0 Å². The van der Waals surface area contributed by atoms with Gasteiger partial charge in [-0.05, 0) is 0 Å². The lowest BCUT2D eigenvalue weighted by Crippen LogP contribution is -2.21. The van der Waals surface area contributed by atoms with Crippen molar-refractivity contribution in [2.24, 2.45) is 0 Å². The Bertz CT molecular complexity index is 82.1. The van der Waals surface area contributed by atoms with E-state index in [1.54, 1.807) is 0 Å². The Balaban J connectivity index is 3.36. The summed E-state index contributed by atoms with van der Waals surface area (Å²) in [4.78, 5) is 18.5. The van der Waals surface area contributed by atoms with Gasteiger partial charge in [-0.1, -0.05) is 5.64 Å². The highest BCUT2D eigenvalue weighted by atomic mass is 31.2. The van der Waals surface area contributed by atoms with Crippen molar-refractivity contribution < 1.29 is 24.2 Å². The van der Waals surface area contributed by atoms with Crippen LogP contribution in [0.4, 0.5) is 0 Å². The van der Waals surface area contributed by atoms with E-state index in [9.17, 15) is 14.4 Å². The van der Waals surface area contributed by atoms with Gasteiger partial charge < -0.3 is 14.4 Å². The molecule has 0 heterocycles. The molecule has 0 aromatic carbocycles. The van der Waals surface area contributed by atoms with Crippen molar-refractivity contribution in [1.82, 2.24) is 5.64 Å². The van der Waals surface area contributed by atoms with Crippen LogP contribution >= 0.6 is 7.82 Å². The molecule has 0 bridgehead atoms. The predicted octanol–water partition coefficient (Wildman–Crippen LogP) is -2.27. The van der Waals surface area contributed by atoms with Gasteiger partial charge >= 0.3 is 0 Å². The average molecular weight is 127 g/mol. The van der Waals surface area contributed by atoms with Gasteiger partial charge in [0.05, 0.1) is 7.82 Å². The van der Waals surface area contributed by atoms with Crippen LogP contribution in [0.1, 0.15) is 0 Å². The number of rotatable bonds is 2. The summed E-state index contributed by atoms with van der Waals surface area (Å²) >= 11 is 0. The van der Waals surface area contributed by atoms with Crippen LogP contribution in [0, 0.1) is 0 Å². The quantitative estimate of drug-likeness (QED) is 0.320.